The summed E-state index contributed by atoms with van der Waals surface area (Å²) < 4.78 is 5.39. The highest BCUT2D eigenvalue weighted by Gasteiger charge is 2.36. The molecule has 3 N–H and O–H groups in total. The number of ether oxygens (including phenoxy) is 1. The van der Waals surface area contributed by atoms with Gasteiger partial charge in [0.25, 0.3) is 5.91 Å². The normalized spacial score (nSPS) is 26.1. The Morgan fingerprint density at radius 1 is 1.21 bits per heavy atom. The molecule has 2 aliphatic heterocycles. The summed E-state index contributed by atoms with van der Waals surface area (Å²) in [6.07, 6.45) is 4.37. The molecule has 0 radical (unpaired) electrons. The Kier molecular flexibility index (Phi) is 5.09. The smallest absolute Gasteiger partial charge is 0.407 e. The molecule has 3 aliphatic rings. The van der Waals surface area contributed by atoms with E-state index in [1.807, 2.05) is 26.8 Å². The van der Waals surface area contributed by atoms with E-state index >= 15 is 0 Å². The van der Waals surface area contributed by atoms with Crippen LogP contribution in [0, 0.1) is 0 Å². The summed E-state index contributed by atoms with van der Waals surface area (Å²) in [5.41, 5.74) is 3.69. The van der Waals surface area contributed by atoms with Gasteiger partial charge in [0.05, 0.1) is 17.4 Å². The molecule has 0 spiro atoms. The molecule has 158 valence electrons. The van der Waals surface area contributed by atoms with Crippen molar-refractivity contribution in [1.29, 1.82) is 0 Å². The van der Waals surface area contributed by atoms with E-state index in [4.69, 9.17) is 4.74 Å². The summed E-state index contributed by atoms with van der Waals surface area (Å²) in [6.45, 7) is 8.60. The van der Waals surface area contributed by atoms with Crippen molar-refractivity contribution in [3.05, 3.63) is 23.3 Å². The van der Waals surface area contributed by atoms with Crippen LogP contribution in [-0.4, -0.2) is 42.4 Å². The van der Waals surface area contributed by atoms with Gasteiger partial charge in [0.1, 0.15) is 5.60 Å². The second-order valence-electron chi connectivity index (χ2n) is 9.41. The first-order chi connectivity index (χ1) is 13.7. The number of hydrogen-bond donors (Lipinski definition) is 3. The molecule has 0 aromatic heterocycles. The van der Waals surface area contributed by atoms with Gasteiger partial charge in [-0.3, -0.25) is 4.79 Å². The number of carbonyl (C=O) groups excluding carboxylic acids is 2. The molecule has 1 fully saturated rings. The van der Waals surface area contributed by atoms with Crippen molar-refractivity contribution in [3.63, 3.8) is 0 Å². The van der Waals surface area contributed by atoms with E-state index in [1.165, 1.54) is 5.56 Å². The lowest BCUT2D eigenvalue weighted by atomic mass is 9.88. The number of hydrogen-bond acceptors (Lipinski definition) is 5. The first kappa shape index (κ1) is 19.9. The summed E-state index contributed by atoms with van der Waals surface area (Å²) in [4.78, 5) is 27.0. The minimum atomic E-state index is -0.485. The van der Waals surface area contributed by atoms with Crippen LogP contribution in [-0.2, 0) is 11.2 Å². The molecule has 1 atom stereocenters. The van der Waals surface area contributed by atoms with E-state index < -0.39 is 5.60 Å². The molecule has 7 nitrogen and oxygen atoms in total. The Hall–Kier alpha value is -2.44. The summed E-state index contributed by atoms with van der Waals surface area (Å²) >= 11 is 0. The summed E-state index contributed by atoms with van der Waals surface area (Å²) in [5, 5.41) is 9.49. The number of amides is 2. The number of rotatable bonds is 2. The van der Waals surface area contributed by atoms with Gasteiger partial charge in [-0.2, -0.15) is 0 Å². The van der Waals surface area contributed by atoms with Crippen LogP contribution in [0.25, 0.3) is 0 Å². The maximum atomic E-state index is 12.6. The number of benzene rings is 1. The van der Waals surface area contributed by atoms with Crippen LogP contribution in [0.3, 0.4) is 0 Å². The molecule has 1 unspecified atom stereocenters. The van der Waals surface area contributed by atoms with E-state index in [2.05, 4.69) is 33.8 Å². The van der Waals surface area contributed by atoms with Gasteiger partial charge in [-0.25, -0.2) is 4.79 Å². The van der Waals surface area contributed by atoms with Crippen LogP contribution in [0.15, 0.2) is 12.1 Å². The minimum Gasteiger partial charge on any atom is -0.444 e. The van der Waals surface area contributed by atoms with Crippen molar-refractivity contribution in [3.8, 4) is 0 Å². The number of nitrogens with one attached hydrogen (secondary N) is 3. The molecule has 1 aliphatic carbocycles. The molecular weight excluding hydrogens is 368 g/mol. The topological polar surface area (TPSA) is 82.7 Å². The summed E-state index contributed by atoms with van der Waals surface area (Å²) in [5.74, 6) is 0.000489. The van der Waals surface area contributed by atoms with Crippen molar-refractivity contribution in [2.24, 2.45) is 0 Å². The van der Waals surface area contributed by atoms with E-state index in [0.29, 0.717) is 6.04 Å². The predicted molar refractivity (Wildman–Crippen MR) is 113 cm³/mol. The highest BCUT2D eigenvalue weighted by molar-refractivity contribution is 6.03. The first-order valence-corrected chi connectivity index (χ1v) is 10.7. The zero-order valence-corrected chi connectivity index (χ0v) is 17.8. The van der Waals surface area contributed by atoms with Crippen LogP contribution in [0.4, 0.5) is 16.2 Å². The fourth-order valence-corrected chi connectivity index (χ4v) is 4.76. The number of alkyl carbamates (subject to hydrolysis) is 1. The number of nitrogens with zero attached hydrogens (tertiary/aromatic N) is 1. The highest BCUT2D eigenvalue weighted by atomic mass is 16.6. The van der Waals surface area contributed by atoms with Crippen molar-refractivity contribution < 1.29 is 14.3 Å². The Morgan fingerprint density at radius 3 is 2.62 bits per heavy atom. The number of anilines is 2. The molecule has 2 amide bonds. The first-order valence-electron chi connectivity index (χ1n) is 10.7. The van der Waals surface area contributed by atoms with Gasteiger partial charge in [0, 0.05) is 24.3 Å². The maximum absolute atomic E-state index is 12.6. The maximum Gasteiger partial charge on any atom is 0.407 e. The third-order valence-corrected chi connectivity index (χ3v) is 6.02. The zero-order valence-electron chi connectivity index (χ0n) is 17.8. The molecule has 1 aromatic carbocycles. The SMILES string of the molecule is CC1NC(=O)c2cc3c(cc2N1C1CCC(NC(=O)OC(C)(C)C)CC1)CCN3. The monoisotopic (exact) mass is 400 g/mol. The minimum absolute atomic E-state index is 0.000489. The van der Waals surface area contributed by atoms with Gasteiger partial charge in [-0.05, 0) is 77.5 Å². The van der Waals surface area contributed by atoms with Gasteiger partial charge in [-0.15, -0.1) is 0 Å². The lowest BCUT2D eigenvalue weighted by molar-refractivity contribution is 0.0490. The van der Waals surface area contributed by atoms with Crippen LogP contribution < -0.4 is 20.9 Å². The lowest BCUT2D eigenvalue weighted by Gasteiger charge is -2.45. The fourth-order valence-electron chi connectivity index (χ4n) is 4.76. The van der Waals surface area contributed by atoms with Gasteiger partial charge >= 0.3 is 6.09 Å². The predicted octanol–water partition coefficient (Wildman–Crippen LogP) is 3.39. The number of carbonyl (C=O) groups is 2. The van der Waals surface area contributed by atoms with Gasteiger partial charge in [-0.1, -0.05) is 0 Å². The van der Waals surface area contributed by atoms with E-state index in [0.717, 1.165) is 55.6 Å². The summed E-state index contributed by atoms with van der Waals surface area (Å²) in [6, 6.07) is 4.68. The molecule has 4 rings (SSSR count). The van der Waals surface area contributed by atoms with Crippen LogP contribution >= 0.6 is 0 Å². The Morgan fingerprint density at radius 2 is 1.93 bits per heavy atom. The van der Waals surface area contributed by atoms with Gasteiger partial charge in [0.15, 0.2) is 0 Å². The van der Waals surface area contributed by atoms with Crippen molar-refractivity contribution >= 4 is 23.4 Å². The summed E-state index contributed by atoms with van der Waals surface area (Å²) in [7, 11) is 0. The average molecular weight is 401 g/mol. The zero-order chi connectivity index (χ0) is 20.8. The van der Waals surface area contributed by atoms with Crippen molar-refractivity contribution in [2.75, 3.05) is 16.8 Å². The Balaban J connectivity index is 1.46. The second kappa shape index (κ2) is 7.43. The average Bonchev–Trinajstić information content (AvgIpc) is 3.07. The number of fused-ring (bicyclic) bond motifs is 2. The molecule has 2 heterocycles. The Labute approximate surface area is 172 Å². The van der Waals surface area contributed by atoms with E-state index in [1.54, 1.807) is 0 Å². The lowest BCUT2D eigenvalue weighted by Crippen LogP contribution is -2.56. The molecule has 7 heteroatoms. The molecule has 29 heavy (non-hydrogen) atoms. The van der Waals surface area contributed by atoms with Crippen LogP contribution in [0.5, 0.6) is 0 Å². The third kappa shape index (κ3) is 4.14. The second-order valence-corrected chi connectivity index (χ2v) is 9.41. The third-order valence-electron chi connectivity index (χ3n) is 6.02. The van der Waals surface area contributed by atoms with Gasteiger partial charge in [0.2, 0.25) is 0 Å². The Bertz CT molecular complexity index is 809. The molecule has 0 saturated heterocycles. The van der Waals surface area contributed by atoms with Gasteiger partial charge < -0.3 is 25.6 Å². The molecule has 0 bridgehead atoms. The fraction of sp³-hybridized carbons (Fsp3) is 0.636. The van der Waals surface area contributed by atoms with E-state index in [9.17, 15) is 9.59 Å². The van der Waals surface area contributed by atoms with Crippen molar-refractivity contribution in [2.45, 2.75) is 83.6 Å². The largest absolute Gasteiger partial charge is 0.444 e. The molecule has 1 aromatic rings. The van der Waals surface area contributed by atoms with E-state index in [-0.39, 0.29) is 24.2 Å². The molecule has 1 saturated carbocycles. The van der Waals surface area contributed by atoms with Crippen molar-refractivity contribution in [1.82, 2.24) is 10.6 Å². The van der Waals surface area contributed by atoms with Crippen LogP contribution in [0.2, 0.25) is 0 Å². The van der Waals surface area contributed by atoms with Crippen LogP contribution in [0.1, 0.15) is 69.3 Å². The highest BCUT2D eigenvalue weighted by Crippen LogP contribution is 2.38. The standard InChI is InChI=1S/C22H32N4O3/c1-13-24-20(27)17-12-18-14(9-10-23-18)11-19(17)26(13)16-7-5-15(6-8-16)25-21(28)29-22(2,3)4/h11-13,15-16,23H,5-10H2,1-4H3,(H,24,27)(H,25,28). The quantitative estimate of drug-likeness (QED) is 0.709. The molecular formula is C22H32N4O3.